The summed E-state index contributed by atoms with van der Waals surface area (Å²) in [5.41, 5.74) is 12.5. The molecule has 0 saturated heterocycles. The van der Waals surface area contributed by atoms with Crippen LogP contribution in [0.3, 0.4) is 0 Å². The molecule has 2 amide bonds. The van der Waals surface area contributed by atoms with Gasteiger partial charge in [0.25, 0.3) is 0 Å². The zero-order valence-electron chi connectivity index (χ0n) is 17.8. The van der Waals surface area contributed by atoms with Crippen molar-refractivity contribution < 1.29 is 9.59 Å². The second-order valence-corrected chi connectivity index (χ2v) is 10.2. The number of benzene rings is 2. The van der Waals surface area contributed by atoms with Gasteiger partial charge in [-0.3, -0.25) is 9.59 Å². The number of nitrogens with two attached hydrogens (primary N) is 2. The zero-order valence-corrected chi connectivity index (χ0v) is 21.0. The molecule has 0 unspecified atom stereocenters. The van der Waals surface area contributed by atoms with E-state index in [0.29, 0.717) is 11.1 Å². The summed E-state index contributed by atoms with van der Waals surface area (Å²) in [5.74, 6) is -0.786. The first-order valence-electron chi connectivity index (χ1n) is 10.2. The van der Waals surface area contributed by atoms with Crippen molar-refractivity contribution in [3.05, 3.63) is 104 Å². The van der Waals surface area contributed by atoms with Crippen LogP contribution >= 0.6 is 38.6 Å². The van der Waals surface area contributed by atoms with Gasteiger partial charge in [-0.05, 0) is 72.0 Å². The van der Waals surface area contributed by atoms with E-state index in [1.54, 1.807) is 59.1 Å². The molecule has 0 fully saturated rings. The van der Waals surface area contributed by atoms with E-state index in [1.807, 2.05) is 12.1 Å². The first-order valence-corrected chi connectivity index (χ1v) is 12.7. The van der Waals surface area contributed by atoms with Crippen molar-refractivity contribution in [2.45, 2.75) is 13.0 Å². The number of nitrogens with one attached hydrogen (secondary N) is 1. The van der Waals surface area contributed by atoms with E-state index in [0.717, 1.165) is 29.5 Å². The average molecular weight is 543 g/mol. The molecule has 4 rings (SSSR count). The largest absolute Gasteiger partial charge is 0.366 e. The summed E-state index contributed by atoms with van der Waals surface area (Å²) in [6.45, 7) is 1.87. The number of amides is 2. The van der Waals surface area contributed by atoms with E-state index < -0.39 is 11.8 Å². The van der Waals surface area contributed by atoms with E-state index in [9.17, 15) is 9.59 Å². The first-order chi connectivity index (χ1) is 15.9. The fourth-order valence-electron chi connectivity index (χ4n) is 2.92. The number of hydrogen-bond acceptors (Lipinski definition) is 5. The Bertz CT molecular complexity index is 1170. The second kappa shape index (κ2) is 12.5. The van der Waals surface area contributed by atoms with Gasteiger partial charge in [-0.2, -0.15) is 0 Å². The third kappa shape index (κ3) is 7.94. The Hall–Kier alpha value is -2.78. The Kier molecular flexibility index (Phi) is 9.38. The quantitative estimate of drug-likeness (QED) is 0.258. The molecule has 0 aliphatic carbocycles. The number of carbonyl (C=O) groups excluding carboxylic acids is 2. The van der Waals surface area contributed by atoms with Crippen LogP contribution in [0, 0.1) is 0 Å². The first kappa shape index (κ1) is 24.9. The summed E-state index contributed by atoms with van der Waals surface area (Å²) in [6, 6.07) is 22.9. The minimum Gasteiger partial charge on any atom is -0.366 e. The van der Waals surface area contributed by atoms with Gasteiger partial charge in [0.15, 0.2) is 0 Å². The summed E-state index contributed by atoms with van der Waals surface area (Å²) in [4.78, 5) is 25.6. The molecule has 0 spiro atoms. The highest BCUT2D eigenvalue weighted by molar-refractivity contribution is 9.10. The molecule has 2 aromatic heterocycles. The van der Waals surface area contributed by atoms with Crippen LogP contribution in [0.2, 0.25) is 0 Å². The summed E-state index contributed by atoms with van der Waals surface area (Å²) in [5, 5.41) is 5.60. The number of hydrogen-bond donors (Lipinski definition) is 3. The van der Waals surface area contributed by atoms with Gasteiger partial charge in [0.2, 0.25) is 11.8 Å². The van der Waals surface area contributed by atoms with Crippen LogP contribution in [0.4, 0.5) is 0 Å². The van der Waals surface area contributed by atoms with Gasteiger partial charge in [0.05, 0.1) is 0 Å². The molecular formula is C25H24BrN3O2S2. The standard InChI is InChI=1S/C18H18N2OS2.C7H6BrNO/c19-18(21)14-5-3-13(4-6-14)17-8-7-16(23-17)12-20-10-9-15-2-1-11-22-15;8-6-3-1-5(2-4-6)7(9)10/h1-8,11,20H,9-10,12H2,(H2,19,21);1-4H,(H2,9,10). The minimum absolute atomic E-state index is 0.390. The molecule has 0 aliphatic heterocycles. The van der Waals surface area contributed by atoms with E-state index in [1.165, 1.54) is 14.6 Å². The average Bonchev–Trinajstić information content (AvgIpc) is 3.50. The summed E-state index contributed by atoms with van der Waals surface area (Å²) < 4.78 is 0.942. The van der Waals surface area contributed by atoms with Crippen LogP contribution in [-0.4, -0.2) is 18.4 Å². The van der Waals surface area contributed by atoms with Crippen molar-refractivity contribution in [3.8, 4) is 10.4 Å². The molecule has 33 heavy (non-hydrogen) atoms. The van der Waals surface area contributed by atoms with Crippen LogP contribution < -0.4 is 16.8 Å². The number of primary amides is 2. The van der Waals surface area contributed by atoms with Crippen molar-refractivity contribution in [1.29, 1.82) is 0 Å². The fraction of sp³-hybridized carbons (Fsp3) is 0.120. The molecule has 5 nitrogen and oxygen atoms in total. The Morgan fingerprint density at radius 2 is 1.45 bits per heavy atom. The molecule has 0 bridgehead atoms. The predicted octanol–water partition coefficient (Wildman–Crippen LogP) is 5.46. The fourth-order valence-corrected chi connectivity index (χ4v) is 4.88. The second-order valence-electron chi connectivity index (χ2n) is 7.08. The summed E-state index contributed by atoms with van der Waals surface area (Å²) >= 11 is 6.82. The maximum Gasteiger partial charge on any atom is 0.248 e. The lowest BCUT2D eigenvalue weighted by atomic mass is 10.1. The molecule has 0 aliphatic rings. The van der Waals surface area contributed by atoms with Crippen molar-refractivity contribution in [3.63, 3.8) is 0 Å². The molecule has 170 valence electrons. The van der Waals surface area contributed by atoms with Crippen LogP contribution in [-0.2, 0) is 13.0 Å². The van der Waals surface area contributed by atoms with Crippen molar-refractivity contribution in [2.24, 2.45) is 11.5 Å². The van der Waals surface area contributed by atoms with Crippen LogP contribution in [0.1, 0.15) is 30.5 Å². The minimum atomic E-state index is -0.396. The smallest absolute Gasteiger partial charge is 0.248 e. The van der Waals surface area contributed by atoms with Gasteiger partial charge < -0.3 is 16.8 Å². The van der Waals surface area contributed by atoms with E-state index in [2.05, 4.69) is 50.9 Å². The lowest BCUT2D eigenvalue weighted by Crippen LogP contribution is -2.15. The Labute approximate surface area is 209 Å². The maximum atomic E-state index is 11.1. The lowest BCUT2D eigenvalue weighted by Gasteiger charge is -2.02. The van der Waals surface area contributed by atoms with E-state index in [4.69, 9.17) is 11.5 Å². The summed E-state index contributed by atoms with van der Waals surface area (Å²) in [6.07, 6.45) is 1.07. The number of rotatable bonds is 8. The van der Waals surface area contributed by atoms with Crippen molar-refractivity contribution >= 4 is 50.4 Å². The molecule has 8 heteroatoms. The van der Waals surface area contributed by atoms with Gasteiger partial charge >= 0.3 is 0 Å². The molecule has 4 aromatic rings. The highest BCUT2D eigenvalue weighted by Crippen LogP contribution is 2.28. The van der Waals surface area contributed by atoms with Crippen LogP contribution in [0.15, 0.2) is 82.6 Å². The third-order valence-corrected chi connectivity index (χ3v) is 7.27. The molecule has 2 aromatic carbocycles. The third-order valence-electron chi connectivity index (χ3n) is 4.67. The van der Waals surface area contributed by atoms with Crippen molar-refractivity contribution in [2.75, 3.05) is 6.54 Å². The van der Waals surface area contributed by atoms with Gasteiger partial charge in [-0.15, -0.1) is 22.7 Å². The van der Waals surface area contributed by atoms with Gasteiger partial charge in [-0.1, -0.05) is 34.1 Å². The Balaban J connectivity index is 0.000000257. The van der Waals surface area contributed by atoms with E-state index >= 15 is 0 Å². The molecular weight excluding hydrogens is 518 g/mol. The van der Waals surface area contributed by atoms with Gasteiger partial charge in [0, 0.05) is 43.3 Å². The summed E-state index contributed by atoms with van der Waals surface area (Å²) in [7, 11) is 0. The lowest BCUT2D eigenvalue weighted by molar-refractivity contribution is 0.0992. The van der Waals surface area contributed by atoms with Gasteiger partial charge in [-0.25, -0.2) is 0 Å². The number of halogens is 1. The molecule has 0 radical (unpaired) electrons. The van der Waals surface area contributed by atoms with Crippen molar-refractivity contribution in [1.82, 2.24) is 5.32 Å². The highest BCUT2D eigenvalue weighted by atomic mass is 79.9. The number of carbonyl (C=O) groups is 2. The molecule has 0 saturated carbocycles. The normalized spacial score (nSPS) is 10.3. The predicted molar refractivity (Wildman–Crippen MR) is 141 cm³/mol. The topological polar surface area (TPSA) is 98.2 Å². The number of thiophene rings is 2. The van der Waals surface area contributed by atoms with Crippen LogP contribution in [0.5, 0.6) is 0 Å². The highest BCUT2D eigenvalue weighted by Gasteiger charge is 2.05. The van der Waals surface area contributed by atoms with Gasteiger partial charge in [0.1, 0.15) is 0 Å². The van der Waals surface area contributed by atoms with E-state index in [-0.39, 0.29) is 0 Å². The Morgan fingerprint density at radius 3 is 2.03 bits per heavy atom. The molecule has 0 atom stereocenters. The maximum absolute atomic E-state index is 11.1. The Morgan fingerprint density at radius 1 is 0.818 bits per heavy atom. The molecule has 2 heterocycles. The van der Waals surface area contributed by atoms with Crippen LogP contribution in [0.25, 0.3) is 10.4 Å². The monoisotopic (exact) mass is 541 g/mol. The SMILES string of the molecule is NC(=O)c1ccc(-c2ccc(CNCCc3cccs3)s2)cc1.NC(=O)c1ccc(Br)cc1. The zero-order chi connectivity index (χ0) is 23.6. The molecule has 5 N–H and O–H groups in total.